The molecule has 0 radical (unpaired) electrons. The molecular formula is C13H19N3OS. The lowest BCUT2D eigenvalue weighted by atomic mass is 10.1. The Morgan fingerprint density at radius 2 is 2.39 bits per heavy atom. The summed E-state index contributed by atoms with van der Waals surface area (Å²) < 4.78 is 5.11. The average molecular weight is 265 g/mol. The molecule has 1 unspecified atom stereocenters. The van der Waals surface area contributed by atoms with Crippen LogP contribution >= 0.6 is 12.2 Å². The molecule has 0 saturated carbocycles. The van der Waals surface area contributed by atoms with Crippen LogP contribution in [0.25, 0.3) is 0 Å². The topological polar surface area (TPSA) is 60.2 Å². The van der Waals surface area contributed by atoms with E-state index in [0.717, 1.165) is 30.6 Å². The normalized spacial score (nSPS) is 15.2. The predicted molar refractivity (Wildman–Crippen MR) is 77.1 cm³/mol. The fraction of sp³-hybridized carbons (Fsp3) is 0.538. The Kier molecular flexibility index (Phi) is 4.14. The fourth-order valence-electron chi connectivity index (χ4n) is 2.29. The number of pyridine rings is 1. The number of rotatable bonds is 5. The molecule has 0 aliphatic heterocycles. The quantitative estimate of drug-likeness (QED) is 0.793. The minimum atomic E-state index is 0.176. The number of aromatic nitrogens is 1. The number of methoxy groups -OCH3 is 1. The Labute approximate surface area is 113 Å². The molecule has 0 bridgehead atoms. The maximum absolute atomic E-state index is 5.78. The summed E-state index contributed by atoms with van der Waals surface area (Å²) in [5.41, 5.74) is 9.07. The first-order valence-corrected chi connectivity index (χ1v) is 6.60. The van der Waals surface area contributed by atoms with E-state index in [1.54, 1.807) is 7.11 Å². The van der Waals surface area contributed by atoms with E-state index in [0.29, 0.717) is 11.6 Å². The summed E-state index contributed by atoms with van der Waals surface area (Å²) in [7, 11) is 1.68. The first-order chi connectivity index (χ1) is 8.61. The molecular weight excluding hydrogens is 246 g/mol. The van der Waals surface area contributed by atoms with Crippen molar-refractivity contribution in [2.75, 3.05) is 19.0 Å². The summed E-state index contributed by atoms with van der Waals surface area (Å²) in [5.74, 6) is 0.785. The SMILES string of the molecule is COCC(C)Nc1nc2c(cc1C(N)=S)CCC2. The van der Waals surface area contributed by atoms with Gasteiger partial charge in [-0.3, -0.25) is 0 Å². The first-order valence-electron chi connectivity index (χ1n) is 6.20. The average Bonchev–Trinajstić information content (AvgIpc) is 2.74. The minimum absolute atomic E-state index is 0.176. The van der Waals surface area contributed by atoms with Gasteiger partial charge in [0.15, 0.2) is 0 Å². The molecule has 0 saturated heterocycles. The monoisotopic (exact) mass is 265 g/mol. The largest absolute Gasteiger partial charge is 0.389 e. The molecule has 0 spiro atoms. The molecule has 5 heteroatoms. The van der Waals surface area contributed by atoms with Crippen molar-refractivity contribution < 1.29 is 4.74 Å². The first kappa shape index (κ1) is 13.2. The van der Waals surface area contributed by atoms with Gasteiger partial charge in [0.25, 0.3) is 0 Å². The van der Waals surface area contributed by atoms with Gasteiger partial charge in [-0.25, -0.2) is 4.98 Å². The summed E-state index contributed by atoms with van der Waals surface area (Å²) >= 11 is 5.10. The standard InChI is InChI=1S/C13H19N3OS/c1-8(7-17-2)15-13-10(12(14)18)6-9-4-3-5-11(9)16-13/h6,8H,3-5,7H2,1-2H3,(H2,14,18)(H,15,16). The van der Waals surface area contributed by atoms with Crippen molar-refractivity contribution in [2.45, 2.75) is 32.2 Å². The lowest BCUT2D eigenvalue weighted by Gasteiger charge is -2.17. The molecule has 1 aliphatic carbocycles. The van der Waals surface area contributed by atoms with E-state index in [2.05, 4.69) is 16.4 Å². The van der Waals surface area contributed by atoms with Crippen molar-refractivity contribution in [2.24, 2.45) is 5.73 Å². The number of hydrogen-bond donors (Lipinski definition) is 2. The number of ether oxygens (including phenoxy) is 1. The zero-order valence-corrected chi connectivity index (χ0v) is 11.6. The Morgan fingerprint density at radius 3 is 3.06 bits per heavy atom. The minimum Gasteiger partial charge on any atom is -0.389 e. The lowest BCUT2D eigenvalue weighted by Crippen LogP contribution is -2.24. The number of fused-ring (bicyclic) bond motifs is 1. The Hall–Kier alpha value is -1.20. The van der Waals surface area contributed by atoms with E-state index in [1.807, 2.05) is 6.92 Å². The summed E-state index contributed by atoms with van der Waals surface area (Å²) in [5, 5.41) is 3.32. The van der Waals surface area contributed by atoms with Crippen LogP contribution in [0.2, 0.25) is 0 Å². The lowest BCUT2D eigenvalue weighted by molar-refractivity contribution is 0.190. The van der Waals surface area contributed by atoms with Crippen molar-refractivity contribution in [3.63, 3.8) is 0 Å². The summed E-state index contributed by atoms with van der Waals surface area (Å²) in [6.07, 6.45) is 3.28. The van der Waals surface area contributed by atoms with Crippen LogP contribution in [-0.4, -0.2) is 29.7 Å². The molecule has 1 aliphatic rings. The van der Waals surface area contributed by atoms with Crippen LogP contribution in [0.15, 0.2) is 6.07 Å². The van der Waals surface area contributed by atoms with E-state index in [-0.39, 0.29) is 6.04 Å². The molecule has 2 rings (SSSR count). The zero-order valence-electron chi connectivity index (χ0n) is 10.8. The van der Waals surface area contributed by atoms with Crippen molar-refractivity contribution in [3.8, 4) is 0 Å². The van der Waals surface area contributed by atoms with Gasteiger partial charge < -0.3 is 15.8 Å². The van der Waals surface area contributed by atoms with Crippen LogP contribution in [0.4, 0.5) is 5.82 Å². The molecule has 0 amide bonds. The number of hydrogen-bond acceptors (Lipinski definition) is 4. The molecule has 0 aromatic carbocycles. The maximum atomic E-state index is 5.78. The highest BCUT2D eigenvalue weighted by atomic mass is 32.1. The highest BCUT2D eigenvalue weighted by Gasteiger charge is 2.18. The van der Waals surface area contributed by atoms with Crippen molar-refractivity contribution in [1.82, 2.24) is 4.98 Å². The third kappa shape index (κ3) is 2.79. The molecule has 1 aromatic rings. The van der Waals surface area contributed by atoms with Crippen molar-refractivity contribution in [3.05, 3.63) is 22.9 Å². The van der Waals surface area contributed by atoms with E-state index in [4.69, 9.17) is 22.7 Å². The number of thiocarbonyl (C=S) groups is 1. The van der Waals surface area contributed by atoms with E-state index < -0.39 is 0 Å². The number of aryl methyl sites for hydroxylation is 2. The van der Waals surface area contributed by atoms with Gasteiger partial charge in [0.05, 0.1) is 12.2 Å². The molecule has 1 heterocycles. The van der Waals surface area contributed by atoms with Crippen LogP contribution in [0.3, 0.4) is 0 Å². The Balaban J connectivity index is 2.29. The van der Waals surface area contributed by atoms with Gasteiger partial charge in [-0.05, 0) is 37.8 Å². The van der Waals surface area contributed by atoms with Gasteiger partial charge in [0.1, 0.15) is 10.8 Å². The third-order valence-electron chi connectivity index (χ3n) is 3.12. The fourth-order valence-corrected chi connectivity index (χ4v) is 2.45. The molecule has 0 fully saturated rings. The van der Waals surface area contributed by atoms with Crippen LogP contribution in [0.5, 0.6) is 0 Å². The second-order valence-corrected chi connectivity index (χ2v) is 5.15. The van der Waals surface area contributed by atoms with Gasteiger partial charge in [-0.1, -0.05) is 12.2 Å². The van der Waals surface area contributed by atoms with Crippen LogP contribution in [-0.2, 0) is 17.6 Å². The molecule has 18 heavy (non-hydrogen) atoms. The molecule has 3 N–H and O–H groups in total. The van der Waals surface area contributed by atoms with Gasteiger partial charge in [0.2, 0.25) is 0 Å². The predicted octanol–water partition coefficient (Wildman–Crippen LogP) is 1.65. The van der Waals surface area contributed by atoms with Crippen LogP contribution in [0.1, 0.15) is 30.2 Å². The number of anilines is 1. The van der Waals surface area contributed by atoms with Crippen molar-refractivity contribution >= 4 is 23.0 Å². The van der Waals surface area contributed by atoms with E-state index in [1.165, 1.54) is 11.3 Å². The van der Waals surface area contributed by atoms with Crippen LogP contribution < -0.4 is 11.1 Å². The van der Waals surface area contributed by atoms with Crippen molar-refractivity contribution in [1.29, 1.82) is 0 Å². The van der Waals surface area contributed by atoms with E-state index >= 15 is 0 Å². The third-order valence-corrected chi connectivity index (χ3v) is 3.34. The van der Waals surface area contributed by atoms with E-state index in [9.17, 15) is 0 Å². The highest BCUT2D eigenvalue weighted by Crippen LogP contribution is 2.25. The highest BCUT2D eigenvalue weighted by molar-refractivity contribution is 7.80. The summed E-state index contributed by atoms with van der Waals surface area (Å²) in [6.45, 7) is 2.66. The molecule has 1 aromatic heterocycles. The number of nitrogens with two attached hydrogens (primary N) is 1. The molecule has 4 nitrogen and oxygen atoms in total. The van der Waals surface area contributed by atoms with Gasteiger partial charge >= 0.3 is 0 Å². The van der Waals surface area contributed by atoms with Crippen LogP contribution in [0, 0.1) is 0 Å². The Morgan fingerprint density at radius 1 is 1.61 bits per heavy atom. The summed E-state index contributed by atoms with van der Waals surface area (Å²) in [6, 6.07) is 2.26. The molecule has 1 atom stereocenters. The smallest absolute Gasteiger partial charge is 0.136 e. The van der Waals surface area contributed by atoms with Gasteiger partial charge in [-0.2, -0.15) is 0 Å². The maximum Gasteiger partial charge on any atom is 0.136 e. The zero-order chi connectivity index (χ0) is 13.1. The second-order valence-electron chi connectivity index (χ2n) is 4.71. The number of nitrogens with one attached hydrogen (secondary N) is 1. The number of nitrogens with zero attached hydrogens (tertiary/aromatic N) is 1. The molecule has 98 valence electrons. The summed E-state index contributed by atoms with van der Waals surface area (Å²) in [4.78, 5) is 5.06. The van der Waals surface area contributed by atoms with Gasteiger partial charge in [0, 0.05) is 18.8 Å². The Bertz CT molecular complexity index is 462. The van der Waals surface area contributed by atoms with Gasteiger partial charge in [-0.15, -0.1) is 0 Å². The second kappa shape index (κ2) is 5.63.